The second-order valence-electron chi connectivity index (χ2n) is 7.31. The molecule has 174 valence electrons. The molecular weight excluding hydrogens is 438 g/mol. The van der Waals surface area contributed by atoms with E-state index in [4.69, 9.17) is 5.73 Å². The topological polar surface area (TPSA) is 63.4 Å². The maximum Gasteiger partial charge on any atom is 0.416 e. The third kappa shape index (κ3) is 6.73. The second-order valence-corrected chi connectivity index (χ2v) is 7.31. The van der Waals surface area contributed by atoms with Gasteiger partial charge in [0.15, 0.2) is 0 Å². The highest BCUT2D eigenvalue weighted by atomic mass is 19.4. The smallest absolute Gasteiger partial charge is 0.370 e. The SMILES string of the molecule is CCCN(C(=O)c1cc(C(F)(F)F)cc(C(F)(F)F)c1)[C@H](CC(N)=O)Cc1ccccc1. The highest BCUT2D eigenvalue weighted by molar-refractivity contribution is 5.95. The number of carbonyl (C=O) groups is 2. The molecule has 0 spiro atoms. The van der Waals surface area contributed by atoms with Gasteiger partial charge in [-0.3, -0.25) is 9.59 Å². The lowest BCUT2D eigenvalue weighted by Crippen LogP contribution is -2.44. The molecule has 0 fully saturated rings. The number of hydrogen-bond donors (Lipinski definition) is 1. The van der Waals surface area contributed by atoms with Crippen LogP contribution >= 0.6 is 0 Å². The Hall–Kier alpha value is -3.04. The van der Waals surface area contributed by atoms with E-state index in [2.05, 4.69) is 0 Å². The Morgan fingerprint density at radius 3 is 1.91 bits per heavy atom. The van der Waals surface area contributed by atoms with Gasteiger partial charge < -0.3 is 10.6 Å². The number of benzene rings is 2. The Morgan fingerprint density at radius 2 is 1.47 bits per heavy atom. The molecule has 0 aliphatic carbocycles. The molecule has 0 saturated carbocycles. The molecule has 4 nitrogen and oxygen atoms in total. The van der Waals surface area contributed by atoms with E-state index >= 15 is 0 Å². The van der Waals surface area contributed by atoms with Crippen LogP contribution in [0.3, 0.4) is 0 Å². The van der Waals surface area contributed by atoms with Gasteiger partial charge in [-0.05, 0) is 36.6 Å². The van der Waals surface area contributed by atoms with Crippen molar-refractivity contribution in [2.45, 2.75) is 44.6 Å². The summed E-state index contributed by atoms with van der Waals surface area (Å²) in [5.41, 5.74) is 2.11. The van der Waals surface area contributed by atoms with Crippen LogP contribution in [0.15, 0.2) is 48.5 Å². The van der Waals surface area contributed by atoms with E-state index in [1.165, 1.54) is 0 Å². The van der Waals surface area contributed by atoms with Crippen molar-refractivity contribution >= 4 is 11.8 Å². The quantitative estimate of drug-likeness (QED) is 0.560. The molecular formula is C22H22F6N2O2. The monoisotopic (exact) mass is 460 g/mol. The van der Waals surface area contributed by atoms with E-state index in [0.29, 0.717) is 18.6 Å². The molecule has 2 amide bonds. The van der Waals surface area contributed by atoms with Gasteiger partial charge in [0, 0.05) is 24.6 Å². The number of rotatable bonds is 8. The van der Waals surface area contributed by atoms with Crippen LogP contribution in [-0.2, 0) is 23.6 Å². The van der Waals surface area contributed by atoms with Gasteiger partial charge in [0.25, 0.3) is 5.91 Å². The van der Waals surface area contributed by atoms with Crippen molar-refractivity contribution in [1.82, 2.24) is 4.90 Å². The normalized spacial score (nSPS) is 13.0. The molecule has 32 heavy (non-hydrogen) atoms. The molecule has 2 aromatic rings. The fraction of sp³-hybridized carbons (Fsp3) is 0.364. The van der Waals surface area contributed by atoms with E-state index in [9.17, 15) is 35.9 Å². The Balaban J connectivity index is 2.53. The second kappa shape index (κ2) is 10.1. The number of nitrogens with zero attached hydrogens (tertiary/aromatic N) is 1. The molecule has 10 heteroatoms. The number of primary amides is 1. The van der Waals surface area contributed by atoms with Crippen LogP contribution in [0.25, 0.3) is 0 Å². The van der Waals surface area contributed by atoms with Crippen LogP contribution in [0, 0.1) is 0 Å². The summed E-state index contributed by atoms with van der Waals surface area (Å²) in [4.78, 5) is 25.9. The lowest BCUT2D eigenvalue weighted by atomic mass is 9.98. The zero-order valence-electron chi connectivity index (χ0n) is 17.1. The fourth-order valence-electron chi connectivity index (χ4n) is 3.35. The molecule has 0 aliphatic heterocycles. The van der Waals surface area contributed by atoms with Crippen LogP contribution < -0.4 is 5.73 Å². The van der Waals surface area contributed by atoms with Crippen molar-refractivity contribution < 1.29 is 35.9 Å². The molecule has 0 unspecified atom stereocenters. The van der Waals surface area contributed by atoms with Gasteiger partial charge in [0.05, 0.1) is 11.1 Å². The van der Waals surface area contributed by atoms with Gasteiger partial charge in [-0.1, -0.05) is 37.3 Å². The number of amides is 2. The summed E-state index contributed by atoms with van der Waals surface area (Å²) in [6.07, 6.45) is -9.95. The minimum Gasteiger partial charge on any atom is -0.370 e. The van der Waals surface area contributed by atoms with Crippen molar-refractivity contribution in [2.24, 2.45) is 5.73 Å². The number of nitrogens with two attached hydrogens (primary N) is 1. The minimum absolute atomic E-state index is 0.0151. The molecule has 2 N–H and O–H groups in total. The van der Waals surface area contributed by atoms with Gasteiger partial charge in [-0.25, -0.2) is 0 Å². The Kier molecular flexibility index (Phi) is 7.92. The number of alkyl halides is 6. The van der Waals surface area contributed by atoms with E-state index < -0.39 is 46.9 Å². The first kappa shape index (κ1) is 25.2. The maximum absolute atomic E-state index is 13.2. The minimum atomic E-state index is -5.08. The summed E-state index contributed by atoms with van der Waals surface area (Å²) < 4.78 is 79.3. The van der Waals surface area contributed by atoms with Crippen molar-refractivity contribution in [2.75, 3.05) is 6.54 Å². The molecule has 0 aliphatic rings. The summed E-state index contributed by atoms with van der Waals surface area (Å²) in [5.74, 6) is -1.79. The Morgan fingerprint density at radius 1 is 0.938 bits per heavy atom. The summed E-state index contributed by atoms with van der Waals surface area (Å²) in [6, 6.07) is 8.58. The average molecular weight is 460 g/mol. The van der Waals surface area contributed by atoms with Gasteiger partial charge in [0.2, 0.25) is 5.91 Å². The third-order valence-electron chi connectivity index (χ3n) is 4.75. The lowest BCUT2D eigenvalue weighted by Gasteiger charge is -2.32. The highest BCUT2D eigenvalue weighted by Gasteiger charge is 2.38. The highest BCUT2D eigenvalue weighted by Crippen LogP contribution is 2.36. The van der Waals surface area contributed by atoms with Crippen LogP contribution in [0.1, 0.15) is 46.8 Å². The number of carbonyl (C=O) groups excluding carboxylic acids is 2. The summed E-state index contributed by atoms with van der Waals surface area (Å²) >= 11 is 0. The van der Waals surface area contributed by atoms with E-state index in [-0.39, 0.29) is 25.5 Å². The fourth-order valence-corrected chi connectivity index (χ4v) is 3.35. The van der Waals surface area contributed by atoms with Crippen LogP contribution in [0.2, 0.25) is 0 Å². The third-order valence-corrected chi connectivity index (χ3v) is 4.75. The number of halogens is 6. The van der Waals surface area contributed by atoms with Gasteiger partial charge in [-0.15, -0.1) is 0 Å². The molecule has 0 aromatic heterocycles. The van der Waals surface area contributed by atoms with Crippen molar-refractivity contribution in [1.29, 1.82) is 0 Å². The zero-order valence-corrected chi connectivity index (χ0v) is 17.1. The number of hydrogen-bond acceptors (Lipinski definition) is 2. The molecule has 1 atom stereocenters. The van der Waals surface area contributed by atoms with E-state index in [1.54, 1.807) is 37.3 Å². The zero-order chi connectivity index (χ0) is 24.1. The predicted octanol–water partition coefficient (Wildman–Crippen LogP) is 5.06. The molecule has 0 bridgehead atoms. The van der Waals surface area contributed by atoms with E-state index in [1.807, 2.05) is 0 Å². The van der Waals surface area contributed by atoms with Crippen LogP contribution in [0.5, 0.6) is 0 Å². The first-order chi connectivity index (χ1) is 14.8. The molecule has 0 heterocycles. The van der Waals surface area contributed by atoms with Gasteiger partial charge >= 0.3 is 12.4 Å². The maximum atomic E-state index is 13.2. The Labute approximate surface area is 181 Å². The van der Waals surface area contributed by atoms with Gasteiger partial charge in [0.1, 0.15) is 0 Å². The summed E-state index contributed by atoms with van der Waals surface area (Å²) in [6.45, 7) is 1.71. The average Bonchev–Trinajstić information content (AvgIpc) is 2.70. The largest absolute Gasteiger partial charge is 0.416 e. The Bertz CT molecular complexity index is 909. The van der Waals surface area contributed by atoms with Crippen LogP contribution in [0.4, 0.5) is 26.3 Å². The molecule has 2 rings (SSSR count). The predicted molar refractivity (Wildman–Crippen MR) is 106 cm³/mol. The first-order valence-corrected chi connectivity index (χ1v) is 9.75. The van der Waals surface area contributed by atoms with Crippen molar-refractivity contribution in [3.63, 3.8) is 0 Å². The summed E-state index contributed by atoms with van der Waals surface area (Å²) in [7, 11) is 0. The first-order valence-electron chi connectivity index (χ1n) is 9.75. The lowest BCUT2D eigenvalue weighted by molar-refractivity contribution is -0.143. The van der Waals surface area contributed by atoms with Gasteiger partial charge in [-0.2, -0.15) is 26.3 Å². The molecule has 0 radical (unpaired) electrons. The van der Waals surface area contributed by atoms with E-state index in [0.717, 1.165) is 10.5 Å². The summed E-state index contributed by atoms with van der Waals surface area (Å²) in [5, 5.41) is 0. The van der Waals surface area contributed by atoms with Crippen LogP contribution in [-0.4, -0.2) is 29.3 Å². The standard InChI is InChI=1S/C22H22F6N2O2/c1-2-8-30(18(13-19(29)31)9-14-6-4-3-5-7-14)20(32)15-10-16(21(23,24)25)12-17(11-15)22(26,27)28/h3-7,10-12,18H,2,8-9,13H2,1H3,(H2,29,31)/t18-/m0/s1. The molecule has 0 saturated heterocycles. The van der Waals surface area contributed by atoms with Crippen molar-refractivity contribution in [3.05, 3.63) is 70.8 Å². The molecule has 2 aromatic carbocycles. The van der Waals surface area contributed by atoms with Crippen molar-refractivity contribution in [3.8, 4) is 0 Å².